The average molecular weight is 601 g/mol. The second kappa shape index (κ2) is 12.0. The maximum absolute atomic E-state index is 11.2. The monoisotopic (exact) mass is 601 g/mol. The predicted octanol–water partition coefficient (Wildman–Crippen LogP) is 3.87. The Bertz CT molecular complexity index is 985. The normalized spacial score (nSPS) is 10.0. The van der Waals surface area contributed by atoms with Gasteiger partial charge >= 0.3 is 123 Å². The number of hydrogen-bond acceptors (Lipinski definition) is 2. The van der Waals surface area contributed by atoms with Crippen LogP contribution in [0.1, 0.15) is 17.3 Å². The molecule has 0 saturated heterocycles. The van der Waals surface area contributed by atoms with Crippen molar-refractivity contribution in [2.75, 3.05) is 0 Å². The zero-order chi connectivity index (χ0) is 21.9. The molecule has 0 bridgehead atoms. The van der Waals surface area contributed by atoms with Gasteiger partial charge in [0.2, 0.25) is 0 Å². The van der Waals surface area contributed by atoms with Crippen molar-refractivity contribution in [2.45, 2.75) is 6.92 Å². The van der Waals surface area contributed by atoms with E-state index < -0.39 is 21.8 Å². The van der Waals surface area contributed by atoms with Gasteiger partial charge in [-0.25, -0.2) is 0 Å². The van der Waals surface area contributed by atoms with Crippen LogP contribution in [0.3, 0.4) is 0 Å². The van der Waals surface area contributed by atoms with Crippen LogP contribution in [0.4, 0.5) is 0 Å². The molecule has 0 N–H and O–H groups in total. The van der Waals surface area contributed by atoms with Gasteiger partial charge in [0.05, 0.1) is 5.78 Å². The summed E-state index contributed by atoms with van der Waals surface area (Å²) in [6.45, 7) is 1.36. The molecule has 3 heteroatoms. The van der Waals surface area contributed by atoms with Crippen LogP contribution < -0.4 is 9.81 Å². The van der Waals surface area contributed by atoms with E-state index in [9.17, 15) is 9.59 Å². The Hall–Kier alpha value is -3.03. The van der Waals surface area contributed by atoms with Crippen LogP contribution in [0.25, 0.3) is 0 Å². The van der Waals surface area contributed by atoms with Gasteiger partial charge in [-0.3, -0.25) is 0 Å². The van der Waals surface area contributed by atoms with E-state index in [1.165, 1.54) is 16.7 Å². The quantitative estimate of drug-likeness (QED) is 0.146. The molecule has 0 heterocycles. The number of ketones is 2. The fourth-order valence-electron chi connectivity index (χ4n) is 3.05. The molecule has 0 spiro atoms. The Kier molecular flexibility index (Phi) is 8.75. The Labute approximate surface area is 192 Å². The maximum atomic E-state index is 11.2. The van der Waals surface area contributed by atoms with E-state index in [4.69, 9.17) is 0 Å². The fourth-order valence-corrected chi connectivity index (χ4v) is 12.0. The van der Waals surface area contributed by atoms with Crippen molar-refractivity contribution in [2.24, 2.45) is 0 Å². The van der Waals surface area contributed by atoms with Crippen molar-refractivity contribution in [3.05, 3.63) is 133 Å². The van der Waals surface area contributed by atoms with Gasteiger partial charge in [0.15, 0.2) is 0 Å². The molecule has 4 aromatic rings. The molecule has 4 aromatic carbocycles. The first-order valence-electron chi connectivity index (χ1n) is 10.0. The summed E-state index contributed by atoms with van der Waals surface area (Å²) in [4.78, 5) is 21.7. The summed E-state index contributed by atoms with van der Waals surface area (Å²) in [5.74, 6) is -0.452. The van der Waals surface area contributed by atoms with E-state index in [0.717, 1.165) is 6.42 Å². The summed E-state index contributed by atoms with van der Waals surface area (Å²) in [6.07, 6.45) is 1.09. The first-order chi connectivity index (χ1) is 15.1. The third-order valence-electron chi connectivity index (χ3n) is 4.44. The molecule has 0 saturated carbocycles. The van der Waals surface area contributed by atoms with Gasteiger partial charge in [-0.1, -0.05) is 18.2 Å². The molecule has 0 aliphatic rings. The first kappa shape index (κ1) is 22.7. The number of carbonyl (C=O) groups is 2. The SMILES string of the molecule is CC(=O)[CH-]C(=O)c1ccccc1.c1cc[c]([Bi]([c]2ccccc2)[c]2ccccc2)cc1. The number of benzene rings is 4. The van der Waals surface area contributed by atoms with Gasteiger partial charge in [-0.15, -0.1) is 24.1 Å². The number of carbonyl (C=O) groups excluding carboxylic acids is 2. The number of hydrogen-bond donors (Lipinski definition) is 0. The van der Waals surface area contributed by atoms with Crippen molar-refractivity contribution in [3.8, 4) is 0 Å². The van der Waals surface area contributed by atoms with E-state index in [1.54, 1.807) is 24.3 Å². The van der Waals surface area contributed by atoms with Crippen molar-refractivity contribution >= 4 is 43.1 Å². The molecule has 0 aromatic heterocycles. The Morgan fingerprint density at radius 2 is 0.871 bits per heavy atom. The molecule has 0 unspecified atom stereocenters. The van der Waals surface area contributed by atoms with Crippen molar-refractivity contribution in [1.29, 1.82) is 0 Å². The molecule has 0 amide bonds. The molecule has 2 nitrogen and oxygen atoms in total. The molecule has 0 aliphatic carbocycles. The van der Waals surface area contributed by atoms with Crippen LogP contribution in [0.5, 0.6) is 0 Å². The second-order valence-corrected chi connectivity index (χ2v) is 15.5. The van der Waals surface area contributed by atoms with E-state index in [1.807, 2.05) is 6.07 Å². The summed E-state index contributed by atoms with van der Waals surface area (Å²) in [5, 5.41) is 0. The summed E-state index contributed by atoms with van der Waals surface area (Å²) >= 11 is -2.06. The molecule has 31 heavy (non-hydrogen) atoms. The van der Waals surface area contributed by atoms with E-state index in [0.29, 0.717) is 5.56 Å². The van der Waals surface area contributed by atoms with Crippen LogP contribution >= 0.6 is 0 Å². The van der Waals surface area contributed by atoms with Crippen molar-refractivity contribution in [1.82, 2.24) is 0 Å². The summed E-state index contributed by atoms with van der Waals surface area (Å²) in [6, 6.07) is 41.7. The van der Waals surface area contributed by atoms with Gasteiger partial charge < -0.3 is 9.59 Å². The van der Waals surface area contributed by atoms with Crippen LogP contribution in [-0.2, 0) is 4.79 Å². The zero-order valence-corrected chi connectivity index (χ0v) is 20.9. The van der Waals surface area contributed by atoms with Gasteiger partial charge in [0, 0.05) is 5.78 Å². The summed E-state index contributed by atoms with van der Waals surface area (Å²) in [7, 11) is 0. The molecular weight excluding hydrogens is 577 g/mol. The van der Waals surface area contributed by atoms with Gasteiger partial charge in [-0.2, -0.15) is 0 Å². The van der Waals surface area contributed by atoms with Crippen LogP contribution in [0.15, 0.2) is 121 Å². The fraction of sp³-hybridized carbons (Fsp3) is 0.0357. The van der Waals surface area contributed by atoms with E-state index in [-0.39, 0.29) is 11.6 Å². The molecule has 154 valence electrons. The summed E-state index contributed by atoms with van der Waals surface area (Å²) in [5.41, 5.74) is 0.549. The minimum absolute atomic E-state index is 0.219. The van der Waals surface area contributed by atoms with Crippen molar-refractivity contribution in [3.63, 3.8) is 0 Å². The minimum atomic E-state index is -2.06. The molecule has 0 radical (unpaired) electrons. The van der Waals surface area contributed by atoms with Crippen LogP contribution in [0.2, 0.25) is 0 Å². The Balaban J connectivity index is 0.000000196. The zero-order valence-electron chi connectivity index (χ0n) is 17.4. The summed E-state index contributed by atoms with van der Waals surface area (Å²) < 4.78 is 4.61. The Morgan fingerprint density at radius 1 is 0.548 bits per heavy atom. The van der Waals surface area contributed by atoms with E-state index >= 15 is 0 Å². The first-order valence-corrected chi connectivity index (χ1v) is 15.3. The number of Topliss-reactive ketones (excluding diaryl/α,β-unsaturated/α-hetero) is 2. The molecule has 0 atom stereocenters. The van der Waals surface area contributed by atoms with Crippen LogP contribution in [-0.4, -0.2) is 33.3 Å². The van der Waals surface area contributed by atoms with E-state index in [2.05, 4.69) is 91.0 Å². The Morgan fingerprint density at radius 3 is 1.19 bits per heavy atom. The average Bonchev–Trinajstić information content (AvgIpc) is 2.82. The van der Waals surface area contributed by atoms with Gasteiger partial charge in [-0.05, 0) is 6.92 Å². The van der Waals surface area contributed by atoms with Crippen molar-refractivity contribution < 1.29 is 9.59 Å². The predicted molar refractivity (Wildman–Crippen MR) is 130 cm³/mol. The van der Waals surface area contributed by atoms with Gasteiger partial charge in [0.1, 0.15) is 0 Å². The standard InChI is InChI=1S/C10H9O2.3C6H5.Bi/c1-8(11)7-10(12)9-5-3-2-4-6-9;3*1-2-4-6-5-3-1;/h2-7H,1H3;3*1-5H;/q-1;;;;. The molecule has 0 aliphatic heterocycles. The molecular formula is C28H24BiO2-. The third-order valence-corrected chi connectivity index (χ3v) is 13.9. The number of rotatable bonds is 6. The third kappa shape index (κ3) is 7.01. The molecule has 4 rings (SSSR count). The van der Waals surface area contributed by atoms with Crippen LogP contribution in [0, 0.1) is 6.42 Å². The topological polar surface area (TPSA) is 34.1 Å². The molecule has 0 fully saturated rings. The van der Waals surface area contributed by atoms with Gasteiger partial charge in [0.25, 0.3) is 0 Å². The second-order valence-electron chi connectivity index (χ2n) is 6.83.